The lowest BCUT2D eigenvalue weighted by Gasteiger charge is -2.16. The Morgan fingerprint density at radius 1 is 1.50 bits per heavy atom. The smallest absolute Gasteiger partial charge is 0.223 e. The number of rotatable bonds is 2. The van der Waals surface area contributed by atoms with Crippen LogP contribution in [-0.4, -0.2) is 17.4 Å². The molecule has 4 heteroatoms. The van der Waals surface area contributed by atoms with Gasteiger partial charge in [0.2, 0.25) is 5.91 Å². The van der Waals surface area contributed by atoms with Crippen LogP contribution in [-0.2, 0) is 11.3 Å². The number of nitrogens with zero attached hydrogens (tertiary/aromatic N) is 1. The van der Waals surface area contributed by atoms with Crippen LogP contribution in [0.1, 0.15) is 18.9 Å². The molecule has 1 aromatic carbocycles. The van der Waals surface area contributed by atoms with Crippen molar-refractivity contribution in [1.82, 2.24) is 4.90 Å². The Kier molecular flexibility index (Phi) is 3.28. The summed E-state index contributed by atoms with van der Waals surface area (Å²) in [5, 5.41) is 0. The molecular formula is C12H13BrFNO. The fourth-order valence-electron chi connectivity index (χ4n) is 2.05. The number of carbonyl (C=O) groups is 1. The Morgan fingerprint density at radius 2 is 2.25 bits per heavy atom. The fraction of sp³-hybridized carbons (Fsp3) is 0.417. The van der Waals surface area contributed by atoms with E-state index in [2.05, 4.69) is 22.9 Å². The molecule has 1 aliphatic rings. The summed E-state index contributed by atoms with van der Waals surface area (Å²) >= 11 is 3.25. The van der Waals surface area contributed by atoms with Crippen molar-refractivity contribution >= 4 is 21.8 Å². The van der Waals surface area contributed by atoms with Crippen molar-refractivity contribution in [2.75, 3.05) is 6.54 Å². The van der Waals surface area contributed by atoms with E-state index in [1.165, 1.54) is 12.1 Å². The highest BCUT2D eigenvalue weighted by Crippen LogP contribution is 2.21. The molecule has 2 rings (SSSR count). The van der Waals surface area contributed by atoms with Gasteiger partial charge in [-0.15, -0.1) is 0 Å². The van der Waals surface area contributed by atoms with Gasteiger partial charge in [-0.25, -0.2) is 4.39 Å². The molecule has 0 aromatic heterocycles. The van der Waals surface area contributed by atoms with Crippen LogP contribution in [0.5, 0.6) is 0 Å². The second kappa shape index (κ2) is 4.53. The Labute approximate surface area is 103 Å². The molecule has 1 amide bonds. The van der Waals surface area contributed by atoms with Crippen LogP contribution in [0.15, 0.2) is 22.7 Å². The minimum atomic E-state index is -0.274. The van der Waals surface area contributed by atoms with Crippen molar-refractivity contribution in [2.45, 2.75) is 19.9 Å². The van der Waals surface area contributed by atoms with E-state index in [0.29, 0.717) is 23.4 Å². The number of likely N-dealkylation sites (tertiary alicyclic amines) is 1. The highest BCUT2D eigenvalue weighted by molar-refractivity contribution is 9.10. The van der Waals surface area contributed by atoms with E-state index in [1.807, 2.05) is 6.07 Å². The van der Waals surface area contributed by atoms with Crippen molar-refractivity contribution in [1.29, 1.82) is 0 Å². The molecule has 0 N–H and O–H groups in total. The minimum absolute atomic E-state index is 0.160. The van der Waals surface area contributed by atoms with E-state index in [1.54, 1.807) is 4.90 Å². The topological polar surface area (TPSA) is 20.3 Å². The summed E-state index contributed by atoms with van der Waals surface area (Å²) in [4.78, 5) is 13.4. The lowest BCUT2D eigenvalue weighted by molar-refractivity contribution is -0.128. The summed E-state index contributed by atoms with van der Waals surface area (Å²) in [7, 11) is 0. The van der Waals surface area contributed by atoms with Crippen molar-refractivity contribution < 1.29 is 9.18 Å². The standard InChI is InChI=1S/C12H13BrFNO/c1-8-2-12(16)15(6-8)7-9-3-10(13)5-11(14)4-9/h3-5,8H,2,6-7H2,1H3. The lowest BCUT2D eigenvalue weighted by atomic mass is 10.2. The predicted octanol–water partition coefficient (Wildman–Crippen LogP) is 2.96. The van der Waals surface area contributed by atoms with Gasteiger partial charge in [0, 0.05) is 24.0 Å². The molecule has 0 radical (unpaired) electrons. The first-order chi connectivity index (χ1) is 7.54. The van der Waals surface area contributed by atoms with Gasteiger partial charge >= 0.3 is 0 Å². The summed E-state index contributed by atoms with van der Waals surface area (Å²) in [6.07, 6.45) is 0.608. The number of hydrogen-bond donors (Lipinski definition) is 0. The maximum Gasteiger partial charge on any atom is 0.223 e. The predicted molar refractivity (Wildman–Crippen MR) is 63.3 cm³/mol. The van der Waals surface area contributed by atoms with Crippen molar-refractivity contribution in [3.63, 3.8) is 0 Å². The van der Waals surface area contributed by atoms with Gasteiger partial charge in [-0.05, 0) is 29.7 Å². The largest absolute Gasteiger partial charge is 0.338 e. The summed E-state index contributed by atoms with van der Waals surface area (Å²) in [6, 6.07) is 4.73. The average molecular weight is 286 g/mol. The Bertz CT molecular complexity index is 401. The van der Waals surface area contributed by atoms with E-state index < -0.39 is 0 Å². The van der Waals surface area contributed by atoms with E-state index in [-0.39, 0.29) is 11.7 Å². The Morgan fingerprint density at radius 3 is 2.81 bits per heavy atom. The van der Waals surface area contributed by atoms with Gasteiger partial charge in [0.15, 0.2) is 0 Å². The Balaban J connectivity index is 2.12. The number of carbonyl (C=O) groups excluding carboxylic acids is 1. The van der Waals surface area contributed by atoms with Gasteiger partial charge in [-0.3, -0.25) is 4.79 Å². The number of hydrogen-bond acceptors (Lipinski definition) is 1. The summed E-state index contributed by atoms with van der Waals surface area (Å²) in [6.45, 7) is 3.33. The van der Waals surface area contributed by atoms with Crippen LogP contribution >= 0.6 is 15.9 Å². The van der Waals surface area contributed by atoms with Gasteiger partial charge in [0.05, 0.1) is 0 Å². The fourth-order valence-corrected chi connectivity index (χ4v) is 2.56. The van der Waals surface area contributed by atoms with Crippen LogP contribution in [0.3, 0.4) is 0 Å². The average Bonchev–Trinajstić information content (AvgIpc) is 2.43. The third kappa shape index (κ3) is 2.61. The third-order valence-corrected chi connectivity index (χ3v) is 3.16. The van der Waals surface area contributed by atoms with Crippen molar-refractivity contribution in [2.24, 2.45) is 5.92 Å². The molecule has 1 fully saturated rings. The molecular weight excluding hydrogens is 273 g/mol. The van der Waals surface area contributed by atoms with Gasteiger partial charge < -0.3 is 4.90 Å². The normalized spacial score (nSPS) is 20.6. The molecule has 1 saturated heterocycles. The van der Waals surface area contributed by atoms with Gasteiger partial charge in [-0.2, -0.15) is 0 Å². The first-order valence-electron chi connectivity index (χ1n) is 5.27. The maximum atomic E-state index is 13.1. The zero-order chi connectivity index (χ0) is 11.7. The maximum absolute atomic E-state index is 13.1. The number of halogens is 2. The molecule has 1 atom stereocenters. The molecule has 1 unspecified atom stereocenters. The molecule has 1 heterocycles. The molecule has 1 aromatic rings. The second-order valence-corrected chi connectivity index (χ2v) is 5.28. The van der Waals surface area contributed by atoms with Gasteiger partial charge in [0.25, 0.3) is 0 Å². The first-order valence-corrected chi connectivity index (χ1v) is 6.06. The minimum Gasteiger partial charge on any atom is -0.338 e. The zero-order valence-corrected chi connectivity index (χ0v) is 10.6. The van der Waals surface area contributed by atoms with Crippen LogP contribution in [0.4, 0.5) is 4.39 Å². The van der Waals surface area contributed by atoms with E-state index in [9.17, 15) is 9.18 Å². The molecule has 0 bridgehead atoms. The summed E-state index contributed by atoms with van der Waals surface area (Å²) in [5.41, 5.74) is 0.828. The van der Waals surface area contributed by atoms with E-state index in [0.717, 1.165) is 12.1 Å². The third-order valence-electron chi connectivity index (χ3n) is 2.70. The van der Waals surface area contributed by atoms with Crippen LogP contribution in [0.2, 0.25) is 0 Å². The van der Waals surface area contributed by atoms with Crippen LogP contribution in [0.25, 0.3) is 0 Å². The van der Waals surface area contributed by atoms with Gasteiger partial charge in [0.1, 0.15) is 5.82 Å². The highest BCUT2D eigenvalue weighted by Gasteiger charge is 2.26. The van der Waals surface area contributed by atoms with E-state index in [4.69, 9.17) is 0 Å². The van der Waals surface area contributed by atoms with Gasteiger partial charge in [-0.1, -0.05) is 22.9 Å². The molecule has 2 nitrogen and oxygen atoms in total. The summed E-state index contributed by atoms with van der Waals surface area (Å²) < 4.78 is 13.9. The zero-order valence-electron chi connectivity index (χ0n) is 9.04. The molecule has 16 heavy (non-hydrogen) atoms. The SMILES string of the molecule is CC1CC(=O)N(Cc2cc(F)cc(Br)c2)C1. The van der Waals surface area contributed by atoms with Crippen LogP contribution < -0.4 is 0 Å². The van der Waals surface area contributed by atoms with Crippen molar-refractivity contribution in [3.8, 4) is 0 Å². The number of benzene rings is 1. The first kappa shape index (κ1) is 11.6. The lowest BCUT2D eigenvalue weighted by Crippen LogP contribution is -2.24. The molecule has 0 spiro atoms. The monoisotopic (exact) mass is 285 g/mol. The molecule has 0 aliphatic carbocycles. The molecule has 86 valence electrons. The Hall–Kier alpha value is -0.900. The summed E-state index contributed by atoms with van der Waals surface area (Å²) in [5.74, 6) is 0.293. The molecule has 0 saturated carbocycles. The highest BCUT2D eigenvalue weighted by atomic mass is 79.9. The second-order valence-electron chi connectivity index (χ2n) is 4.36. The molecule has 1 aliphatic heterocycles. The quantitative estimate of drug-likeness (QED) is 0.818. The van der Waals surface area contributed by atoms with Crippen molar-refractivity contribution in [3.05, 3.63) is 34.1 Å². The number of amides is 1. The van der Waals surface area contributed by atoms with E-state index >= 15 is 0 Å². The van der Waals surface area contributed by atoms with Crippen LogP contribution in [0, 0.1) is 11.7 Å².